The highest BCUT2D eigenvalue weighted by molar-refractivity contribution is 5.90. The standard InChI is InChI=1S/C29H32N4O4/c1-6-11-33-16-20(12-18-7-9-23(34-2)25(13-18)36-4)28-22(17-33)27(21(15-30)29(31)32-28)19-8-10-24(35-3)26(14-19)37-5/h7-10,12-14H,6,11,16-17H2,1-5H3,(H2,31,32). The molecule has 2 heterocycles. The number of ether oxygens (including phenoxy) is 4. The number of anilines is 1. The van der Waals surface area contributed by atoms with Gasteiger partial charge in [0, 0.05) is 24.2 Å². The minimum Gasteiger partial charge on any atom is -0.493 e. The van der Waals surface area contributed by atoms with Gasteiger partial charge in [-0.1, -0.05) is 19.1 Å². The van der Waals surface area contributed by atoms with Gasteiger partial charge in [-0.15, -0.1) is 0 Å². The van der Waals surface area contributed by atoms with Crippen LogP contribution >= 0.6 is 0 Å². The first kappa shape index (κ1) is 25.9. The number of nitriles is 1. The second-order valence-corrected chi connectivity index (χ2v) is 8.75. The molecule has 0 atom stereocenters. The van der Waals surface area contributed by atoms with E-state index in [9.17, 15) is 5.26 Å². The summed E-state index contributed by atoms with van der Waals surface area (Å²) in [6.45, 7) is 4.42. The molecule has 0 saturated heterocycles. The van der Waals surface area contributed by atoms with Crippen LogP contribution in [0, 0.1) is 11.3 Å². The Balaban J connectivity index is 1.96. The second kappa shape index (κ2) is 11.2. The molecule has 37 heavy (non-hydrogen) atoms. The van der Waals surface area contributed by atoms with Gasteiger partial charge in [0.05, 0.1) is 34.1 Å². The van der Waals surface area contributed by atoms with E-state index in [4.69, 9.17) is 29.7 Å². The molecular weight excluding hydrogens is 468 g/mol. The van der Waals surface area contributed by atoms with Crippen molar-refractivity contribution in [3.05, 3.63) is 58.8 Å². The van der Waals surface area contributed by atoms with Crippen molar-refractivity contribution in [1.82, 2.24) is 9.88 Å². The highest BCUT2D eigenvalue weighted by Crippen LogP contribution is 2.41. The number of methoxy groups -OCH3 is 4. The molecule has 0 spiro atoms. The molecule has 8 nitrogen and oxygen atoms in total. The van der Waals surface area contributed by atoms with E-state index < -0.39 is 0 Å². The molecule has 0 aliphatic carbocycles. The van der Waals surface area contributed by atoms with Crippen molar-refractivity contribution in [3.8, 4) is 40.2 Å². The lowest BCUT2D eigenvalue weighted by Crippen LogP contribution is -2.32. The SMILES string of the molecule is CCCN1CC(=Cc2ccc(OC)c(OC)c2)c2nc(N)c(C#N)c(-c3ccc(OC)c(OC)c3)c2C1. The fraction of sp³-hybridized carbons (Fsp3) is 0.310. The van der Waals surface area contributed by atoms with E-state index in [1.165, 1.54) is 0 Å². The molecule has 2 aromatic carbocycles. The average molecular weight is 501 g/mol. The van der Waals surface area contributed by atoms with E-state index in [0.717, 1.165) is 46.5 Å². The molecule has 0 radical (unpaired) electrons. The molecule has 0 fully saturated rings. The summed E-state index contributed by atoms with van der Waals surface area (Å²) in [5.41, 5.74) is 12.1. The predicted octanol–water partition coefficient (Wildman–Crippen LogP) is 5.00. The van der Waals surface area contributed by atoms with Crippen molar-refractivity contribution in [2.45, 2.75) is 19.9 Å². The van der Waals surface area contributed by atoms with Crippen molar-refractivity contribution in [1.29, 1.82) is 5.26 Å². The van der Waals surface area contributed by atoms with E-state index >= 15 is 0 Å². The summed E-state index contributed by atoms with van der Waals surface area (Å²) in [4.78, 5) is 7.10. The molecule has 0 bridgehead atoms. The van der Waals surface area contributed by atoms with Crippen LogP contribution in [0.5, 0.6) is 23.0 Å². The molecule has 1 aliphatic heterocycles. The van der Waals surface area contributed by atoms with Crippen molar-refractivity contribution in [3.63, 3.8) is 0 Å². The quantitative estimate of drug-likeness (QED) is 0.461. The number of pyridine rings is 1. The van der Waals surface area contributed by atoms with Crippen LogP contribution < -0.4 is 24.7 Å². The Bertz CT molecular complexity index is 1380. The van der Waals surface area contributed by atoms with Crippen LogP contribution in [0.2, 0.25) is 0 Å². The number of nitrogen functional groups attached to an aromatic ring is 1. The Kier molecular flexibility index (Phi) is 7.85. The highest BCUT2D eigenvalue weighted by atomic mass is 16.5. The number of benzene rings is 2. The predicted molar refractivity (Wildman–Crippen MR) is 145 cm³/mol. The minimum atomic E-state index is 0.202. The lowest BCUT2D eigenvalue weighted by Gasteiger charge is -2.32. The van der Waals surface area contributed by atoms with Crippen LogP contribution in [0.3, 0.4) is 0 Å². The van der Waals surface area contributed by atoms with E-state index in [-0.39, 0.29) is 5.82 Å². The highest BCUT2D eigenvalue weighted by Gasteiger charge is 2.28. The summed E-state index contributed by atoms with van der Waals surface area (Å²) in [5.74, 6) is 2.71. The molecule has 8 heteroatoms. The lowest BCUT2D eigenvalue weighted by atomic mass is 9.88. The summed E-state index contributed by atoms with van der Waals surface area (Å²) in [6, 6.07) is 13.7. The van der Waals surface area contributed by atoms with Crippen molar-refractivity contribution in [2.24, 2.45) is 0 Å². The lowest BCUT2D eigenvalue weighted by molar-refractivity contribution is 0.291. The zero-order chi connectivity index (χ0) is 26.5. The topological polar surface area (TPSA) is 103 Å². The smallest absolute Gasteiger partial charge is 0.161 e. The normalized spacial score (nSPS) is 14.1. The summed E-state index contributed by atoms with van der Waals surface area (Å²) >= 11 is 0. The van der Waals surface area contributed by atoms with Crippen LogP contribution in [0.25, 0.3) is 22.8 Å². The Morgan fingerprint density at radius 1 is 0.946 bits per heavy atom. The van der Waals surface area contributed by atoms with Crippen LogP contribution in [-0.2, 0) is 6.54 Å². The van der Waals surface area contributed by atoms with E-state index in [2.05, 4.69) is 24.0 Å². The average Bonchev–Trinajstić information content (AvgIpc) is 2.92. The van der Waals surface area contributed by atoms with Gasteiger partial charge in [0.25, 0.3) is 0 Å². The fourth-order valence-electron chi connectivity index (χ4n) is 4.81. The first-order valence-corrected chi connectivity index (χ1v) is 12.1. The van der Waals surface area contributed by atoms with Crippen molar-refractivity contribution in [2.75, 3.05) is 47.3 Å². The molecule has 0 amide bonds. The van der Waals surface area contributed by atoms with E-state index in [0.29, 0.717) is 41.7 Å². The maximum Gasteiger partial charge on any atom is 0.161 e. The zero-order valence-electron chi connectivity index (χ0n) is 21.9. The number of nitrogens with zero attached hydrogens (tertiary/aromatic N) is 3. The van der Waals surface area contributed by atoms with Gasteiger partial charge in [-0.25, -0.2) is 4.98 Å². The number of aromatic nitrogens is 1. The Morgan fingerprint density at radius 2 is 1.59 bits per heavy atom. The second-order valence-electron chi connectivity index (χ2n) is 8.75. The Hall–Kier alpha value is -4.22. The summed E-state index contributed by atoms with van der Waals surface area (Å²) < 4.78 is 21.9. The van der Waals surface area contributed by atoms with Gasteiger partial charge in [0.15, 0.2) is 23.0 Å². The van der Waals surface area contributed by atoms with Gasteiger partial charge in [-0.2, -0.15) is 5.26 Å². The maximum absolute atomic E-state index is 10.1. The third-order valence-corrected chi connectivity index (χ3v) is 6.48. The molecular formula is C29H32N4O4. The molecule has 2 N–H and O–H groups in total. The molecule has 1 aromatic heterocycles. The summed E-state index contributed by atoms with van der Waals surface area (Å²) in [7, 11) is 6.43. The minimum absolute atomic E-state index is 0.202. The van der Waals surface area contributed by atoms with E-state index in [1.807, 2.05) is 36.4 Å². The van der Waals surface area contributed by atoms with Crippen LogP contribution in [0.1, 0.15) is 35.7 Å². The monoisotopic (exact) mass is 500 g/mol. The van der Waals surface area contributed by atoms with Gasteiger partial charge in [-0.3, -0.25) is 4.90 Å². The maximum atomic E-state index is 10.1. The van der Waals surface area contributed by atoms with Crippen LogP contribution in [-0.4, -0.2) is 51.4 Å². The largest absolute Gasteiger partial charge is 0.493 e. The number of hydrogen-bond donors (Lipinski definition) is 1. The van der Waals surface area contributed by atoms with Crippen molar-refractivity contribution >= 4 is 17.5 Å². The number of rotatable bonds is 8. The van der Waals surface area contributed by atoms with Gasteiger partial charge in [0.1, 0.15) is 17.5 Å². The van der Waals surface area contributed by atoms with E-state index in [1.54, 1.807) is 28.4 Å². The number of fused-ring (bicyclic) bond motifs is 1. The van der Waals surface area contributed by atoms with Crippen LogP contribution in [0.15, 0.2) is 36.4 Å². The first-order chi connectivity index (χ1) is 18.0. The first-order valence-electron chi connectivity index (χ1n) is 12.1. The van der Waals surface area contributed by atoms with Gasteiger partial charge >= 0.3 is 0 Å². The van der Waals surface area contributed by atoms with Crippen LogP contribution in [0.4, 0.5) is 5.82 Å². The summed E-state index contributed by atoms with van der Waals surface area (Å²) in [6.07, 6.45) is 3.09. The third-order valence-electron chi connectivity index (χ3n) is 6.48. The number of nitrogens with two attached hydrogens (primary N) is 1. The summed E-state index contributed by atoms with van der Waals surface area (Å²) in [5, 5.41) is 10.1. The van der Waals surface area contributed by atoms with Gasteiger partial charge < -0.3 is 24.7 Å². The molecule has 192 valence electrons. The zero-order valence-corrected chi connectivity index (χ0v) is 21.9. The van der Waals surface area contributed by atoms with Crippen molar-refractivity contribution < 1.29 is 18.9 Å². The molecule has 0 saturated carbocycles. The number of hydrogen-bond acceptors (Lipinski definition) is 8. The van der Waals surface area contributed by atoms with Gasteiger partial charge in [-0.05, 0) is 60.0 Å². The molecule has 4 rings (SSSR count). The molecule has 0 unspecified atom stereocenters. The fourth-order valence-corrected chi connectivity index (χ4v) is 4.81. The Labute approximate surface area is 217 Å². The third kappa shape index (κ3) is 5.04. The molecule has 3 aromatic rings. The Morgan fingerprint density at radius 3 is 2.22 bits per heavy atom. The molecule has 1 aliphatic rings. The van der Waals surface area contributed by atoms with Gasteiger partial charge in [0.2, 0.25) is 0 Å².